The van der Waals surface area contributed by atoms with Crippen LogP contribution in [0.1, 0.15) is 19.8 Å². The van der Waals surface area contributed by atoms with E-state index < -0.39 is 0 Å². The minimum absolute atomic E-state index is 0.0562. The molecule has 2 heterocycles. The van der Waals surface area contributed by atoms with Crippen LogP contribution in [0.3, 0.4) is 0 Å². The Balaban J connectivity index is 1.99. The summed E-state index contributed by atoms with van der Waals surface area (Å²) in [4.78, 5) is 16.3. The molecule has 0 spiro atoms. The van der Waals surface area contributed by atoms with Crippen LogP contribution < -0.4 is 5.32 Å². The highest BCUT2D eigenvalue weighted by molar-refractivity contribution is 5.82. The number of hydrogen-bond donors (Lipinski definition) is 1. The summed E-state index contributed by atoms with van der Waals surface area (Å²) in [5.74, 6) is 0.303. The number of carbonyl (C=O) groups is 1. The summed E-state index contributed by atoms with van der Waals surface area (Å²) in [6.45, 7) is 5.98. The molecule has 2 saturated heterocycles. The van der Waals surface area contributed by atoms with Gasteiger partial charge in [-0.1, -0.05) is 0 Å². The summed E-state index contributed by atoms with van der Waals surface area (Å²) in [5.41, 5.74) is 0. The average Bonchev–Trinajstić information content (AvgIpc) is 2.27. The van der Waals surface area contributed by atoms with E-state index in [1.165, 1.54) is 6.42 Å². The second-order valence-corrected chi connectivity index (χ2v) is 4.69. The van der Waals surface area contributed by atoms with Crippen LogP contribution in [-0.2, 0) is 4.79 Å². The van der Waals surface area contributed by atoms with Crippen LogP contribution in [-0.4, -0.2) is 61.0 Å². The number of rotatable bonds is 1. The smallest absolute Gasteiger partial charge is 0.239 e. The maximum Gasteiger partial charge on any atom is 0.239 e. The summed E-state index contributed by atoms with van der Waals surface area (Å²) in [5, 5.41) is 3.37. The second-order valence-electron chi connectivity index (χ2n) is 4.69. The van der Waals surface area contributed by atoms with Crippen molar-refractivity contribution in [1.82, 2.24) is 15.1 Å². The molecule has 1 N–H and O–H groups in total. The van der Waals surface area contributed by atoms with Crippen LogP contribution in [0.25, 0.3) is 0 Å². The lowest BCUT2D eigenvalue weighted by molar-refractivity contribution is -0.143. The van der Waals surface area contributed by atoms with Gasteiger partial charge >= 0.3 is 0 Å². The zero-order valence-corrected chi connectivity index (χ0v) is 9.70. The first-order valence-corrected chi connectivity index (χ1v) is 5.91. The van der Waals surface area contributed by atoms with Crippen LogP contribution in [0.4, 0.5) is 0 Å². The number of nitrogens with zero attached hydrogens (tertiary/aromatic N) is 2. The van der Waals surface area contributed by atoms with Crippen molar-refractivity contribution in [1.29, 1.82) is 0 Å². The van der Waals surface area contributed by atoms with Gasteiger partial charge in [0.05, 0.1) is 6.04 Å². The van der Waals surface area contributed by atoms with Crippen molar-refractivity contribution >= 4 is 5.91 Å². The molecule has 1 amide bonds. The Morgan fingerprint density at radius 2 is 2.20 bits per heavy atom. The number of piperidine rings is 1. The van der Waals surface area contributed by atoms with Crippen LogP contribution >= 0.6 is 0 Å². The second kappa shape index (κ2) is 4.49. The quantitative estimate of drug-likeness (QED) is 0.658. The van der Waals surface area contributed by atoms with Gasteiger partial charge in [-0.05, 0) is 33.4 Å². The molecular weight excluding hydrogens is 190 g/mol. The molecule has 86 valence electrons. The topological polar surface area (TPSA) is 35.6 Å². The van der Waals surface area contributed by atoms with Gasteiger partial charge < -0.3 is 10.2 Å². The predicted molar refractivity (Wildman–Crippen MR) is 59.7 cm³/mol. The molecule has 0 radical (unpaired) electrons. The molecule has 2 unspecified atom stereocenters. The van der Waals surface area contributed by atoms with Gasteiger partial charge in [0.25, 0.3) is 0 Å². The van der Waals surface area contributed by atoms with Crippen LogP contribution in [0.5, 0.6) is 0 Å². The molecule has 2 aliphatic heterocycles. The number of piperazine rings is 1. The van der Waals surface area contributed by atoms with Gasteiger partial charge in [0.15, 0.2) is 0 Å². The summed E-state index contributed by atoms with van der Waals surface area (Å²) >= 11 is 0. The third kappa shape index (κ3) is 2.16. The Hall–Kier alpha value is -0.610. The number of likely N-dealkylation sites (N-methyl/N-ethyl adjacent to an activating group) is 1. The number of carbonyl (C=O) groups excluding carboxylic acids is 1. The van der Waals surface area contributed by atoms with E-state index >= 15 is 0 Å². The minimum Gasteiger partial charge on any atom is -0.336 e. The molecule has 0 aromatic carbocycles. The summed E-state index contributed by atoms with van der Waals surface area (Å²) in [7, 11) is 2.03. The molecular formula is C11H21N3O. The Labute approximate surface area is 91.6 Å². The van der Waals surface area contributed by atoms with Crippen LogP contribution in [0, 0.1) is 0 Å². The molecule has 2 fully saturated rings. The van der Waals surface area contributed by atoms with Gasteiger partial charge in [0, 0.05) is 25.7 Å². The third-order valence-corrected chi connectivity index (χ3v) is 3.71. The maximum absolute atomic E-state index is 12.1. The van der Waals surface area contributed by atoms with Gasteiger partial charge in [-0.15, -0.1) is 0 Å². The fourth-order valence-electron chi connectivity index (χ4n) is 2.46. The van der Waals surface area contributed by atoms with E-state index in [0.717, 1.165) is 32.6 Å². The van der Waals surface area contributed by atoms with Crippen molar-refractivity contribution in [3.05, 3.63) is 0 Å². The number of nitrogens with one attached hydrogen (secondary N) is 1. The molecule has 2 aliphatic rings. The van der Waals surface area contributed by atoms with Gasteiger partial charge in [-0.25, -0.2) is 0 Å². The zero-order valence-electron chi connectivity index (χ0n) is 9.70. The lowest BCUT2D eigenvalue weighted by Crippen LogP contribution is -2.59. The minimum atomic E-state index is 0.0562. The molecule has 0 aromatic heterocycles. The monoisotopic (exact) mass is 211 g/mol. The molecule has 0 aromatic rings. The van der Waals surface area contributed by atoms with Gasteiger partial charge in [0.1, 0.15) is 0 Å². The third-order valence-electron chi connectivity index (χ3n) is 3.71. The highest BCUT2D eigenvalue weighted by atomic mass is 16.2. The Morgan fingerprint density at radius 3 is 2.87 bits per heavy atom. The fraction of sp³-hybridized carbons (Fsp3) is 0.909. The zero-order chi connectivity index (χ0) is 10.8. The van der Waals surface area contributed by atoms with Gasteiger partial charge in [-0.3, -0.25) is 9.69 Å². The molecule has 0 saturated carbocycles. The highest BCUT2D eigenvalue weighted by Crippen LogP contribution is 2.16. The molecule has 4 nitrogen and oxygen atoms in total. The number of hydrogen-bond acceptors (Lipinski definition) is 3. The lowest BCUT2D eigenvalue weighted by atomic mass is 10.0. The summed E-state index contributed by atoms with van der Waals surface area (Å²) < 4.78 is 0. The Bertz CT molecular complexity index is 238. The summed E-state index contributed by atoms with van der Waals surface area (Å²) in [6, 6.07) is 0.489. The van der Waals surface area contributed by atoms with Crippen molar-refractivity contribution in [2.75, 3.05) is 33.2 Å². The van der Waals surface area contributed by atoms with Crippen molar-refractivity contribution < 1.29 is 4.79 Å². The first kappa shape index (κ1) is 10.9. The van der Waals surface area contributed by atoms with E-state index in [2.05, 4.69) is 15.1 Å². The van der Waals surface area contributed by atoms with E-state index in [0.29, 0.717) is 11.9 Å². The summed E-state index contributed by atoms with van der Waals surface area (Å²) in [6.07, 6.45) is 2.36. The molecule has 2 atom stereocenters. The molecule has 15 heavy (non-hydrogen) atoms. The maximum atomic E-state index is 12.1. The van der Waals surface area contributed by atoms with Gasteiger partial charge in [-0.2, -0.15) is 0 Å². The molecule has 0 bridgehead atoms. The largest absolute Gasteiger partial charge is 0.336 e. The van der Waals surface area contributed by atoms with Crippen LogP contribution in [0.15, 0.2) is 0 Å². The van der Waals surface area contributed by atoms with E-state index in [4.69, 9.17) is 0 Å². The Morgan fingerprint density at radius 1 is 1.40 bits per heavy atom. The lowest BCUT2D eigenvalue weighted by Gasteiger charge is -2.42. The first-order chi connectivity index (χ1) is 7.20. The van der Waals surface area contributed by atoms with Crippen molar-refractivity contribution in [2.45, 2.75) is 31.8 Å². The Kier molecular flexibility index (Phi) is 3.26. The van der Waals surface area contributed by atoms with E-state index in [-0.39, 0.29) is 6.04 Å². The first-order valence-electron chi connectivity index (χ1n) is 5.91. The predicted octanol–water partition coefficient (Wildman–Crippen LogP) is -0.0991. The fourth-order valence-corrected chi connectivity index (χ4v) is 2.46. The standard InChI is InChI=1S/C11H21N3O/c1-9-11(15)14(7-6-13(9)2)10-4-3-5-12-8-10/h9-10,12H,3-8H2,1-2H3. The van der Waals surface area contributed by atoms with Crippen molar-refractivity contribution in [3.63, 3.8) is 0 Å². The van der Waals surface area contributed by atoms with Gasteiger partial charge in [0.2, 0.25) is 5.91 Å². The van der Waals surface area contributed by atoms with E-state index in [9.17, 15) is 4.79 Å². The highest BCUT2D eigenvalue weighted by Gasteiger charge is 2.33. The van der Waals surface area contributed by atoms with Crippen molar-refractivity contribution in [2.24, 2.45) is 0 Å². The van der Waals surface area contributed by atoms with Crippen LogP contribution in [0.2, 0.25) is 0 Å². The average molecular weight is 211 g/mol. The SMILES string of the molecule is CC1C(=O)N(C2CCCNC2)CCN1C. The number of amides is 1. The molecule has 4 heteroatoms. The molecule has 0 aliphatic carbocycles. The normalized spacial score (nSPS) is 34.5. The molecule has 2 rings (SSSR count). The van der Waals surface area contributed by atoms with Crippen molar-refractivity contribution in [3.8, 4) is 0 Å². The van der Waals surface area contributed by atoms with E-state index in [1.807, 2.05) is 14.0 Å². The van der Waals surface area contributed by atoms with E-state index in [1.54, 1.807) is 0 Å².